The van der Waals surface area contributed by atoms with E-state index in [0.717, 1.165) is 42.9 Å². The average Bonchev–Trinajstić information content (AvgIpc) is 2.66. The van der Waals surface area contributed by atoms with Gasteiger partial charge in [-0.05, 0) is 18.4 Å². The Balaban J connectivity index is 2.30. The number of hydrogen-bond acceptors (Lipinski definition) is 3. The molecule has 1 radical (unpaired) electrons. The van der Waals surface area contributed by atoms with Gasteiger partial charge in [-0.25, -0.2) is 0 Å². The van der Waals surface area contributed by atoms with E-state index in [2.05, 4.69) is 50.6 Å². The summed E-state index contributed by atoms with van der Waals surface area (Å²) in [7, 11) is 0. The van der Waals surface area contributed by atoms with Crippen molar-refractivity contribution in [3.05, 3.63) is 29.4 Å². The van der Waals surface area contributed by atoms with Crippen molar-refractivity contribution in [3.63, 3.8) is 0 Å². The largest absolute Gasteiger partial charge is 0.369 e. The van der Waals surface area contributed by atoms with Gasteiger partial charge >= 0.3 is 0 Å². The van der Waals surface area contributed by atoms with Crippen LogP contribution in [-0.4, -0.2) is 23.9 Å². The number of carbonyl (C=O) groups is 1. The van der Waals surface area contributed by atoms with Crippen molar-refractivity contribution in [2.75, 3.05) is 18.0 Å². The lowest BCUT2D eigenvalue weighted by Crippen LogP contribution is -2.30. The van der Waals surface area contributed by atoms with Crippen LogP contribution in [0.25, 0.3) is 0 Å². The summed E-state index contributed by atoms with van der Waals surface area (Å²) >= 11 is 0. The smallest absolute Gasteiger partial charge is 0.164 e. The molecular weight excluding hydrogens is 260 g/mol. The minimum absolute atomic E-state index is 0.0514. The van der Waals surface area contributed by atoms with Crippen molar-refractivity contribution in [2.45, 2.75) is 59.3 Å². The number of unbranched alkanes of at least 4 members (excludes halogenated alkanes) is 1. The third-order valence-corrected chi connectivity index (χ3v) is 4.02. The molecule has 0 saturated heterocycles. The first-order chi connectivity index (χ1) is 9.85. The number of hydrogen-bond donors (Lipinski definition) is 0. The predicted octanol–water partition coefficient (Wildman–Crippen LogP) is 4.17. The second kappa shape index (κ2) is 6.17. The molecule has 0 unspecified atom stereocenters. The number of Topliss-reactive ketones (excluding diaryl/α,β-unsaturated/α-hetero) is 1. The fourth-order valence-electron chi connectivity index (χ4n) is 3.01. The third kappa shape index (κ3) is 3.45. The van der Waals surface area contributed by atoms with Crippen molar-refractivity contribution in [1.82, 2.24) is 4.98 Å². The average molecular weight is 287 g/mol. The van der Waals surface area contributed by atoms with E-state index in [4.69, 9.17) is 0 Å². The van der Waals surface area contributed by atoms with Gasteiger partial charge in [-0.3, -0.25) is 9.78 Å². The first-order valence-electron chi connectivity index (χ1n) is 7.93. The van der Waals surface area contributed by atoms with Gasteiger partial charge in [-0.15, -0.1) is 0 Å². The van der Waals surface area contributed by atoms with Gasteiger partial charge in [-0.1, -0.05) is 41.0 Å². The lowest BCUT2D eigenvalue weighted by atomic mass is 9.91. The molecule has 3 heteroatoms. The van der Waals surface area contributed by atoms with Crippen LogP contribution in [0.5, 0.6) is 0 Å². The number of ketones is 1. The summed E-state index contributed by atoms with van der Waals surface area (Å²) in [5.74, 6) is 1.59. The molecule has 2 rings (SSSR count). The normalized spacial score (nSPS) is 16.4. The minimum Gasteiger partial charge on any atom is -0.369 e. The predicted molar refractivity (Wildman–Crippen MR) is 87.9 cm³/mol. The quantitative estimate of drug-likeness (QED) is 0.736. The van der Waals surface area contributed by atoms with E-state index in [-0.39, 0.29) is 11.2 Å². The maximum atomic E-state index is 12.2. The zero-order chi connectivity index (χ0) is 15.6. The van der Waals surface area contributed by atoms with Crippen LogP contribution in [0, 0.1) is 5.92 Å². The molecule has 0 bridgehead atoms. The molecule has 0 aliphatic carbocycles. The summed E-state index contributed by atoms with van der Waals surface area (Å²) in [6, 6.07) is 2.05. The van der Waals surface area contributed by atoms with Crippen LogP contribution in [0.4, 0.5) is 5.69 Å². The van der Waals surface area contributed by atoms with Gasteiger partial charge in [0.15, 0.2) is 5.78 Å². The number of fused-ring (bicyclic) bond motifs is 1. The van der Waals surface area contributed by atoms with Crippen LogP contribution >= 0.6 is 0 Å². The first-order valence-corrected chi connectivity index (χ1v) is 7.93. The molecule has 115 valence electrons. The fourth-order valence-corrected chi connectivity index (χ4v) is 3.01. The van der Waals surface area contributed by atoms with Gasteiger partial charge in [0.05, 0.1) is 11.4 Å². The maximum absolute atomic E-state index is 12.2. The van der Waals surface area contributed by atoms with E-state index >= 15 is 0 Å². The number of pyridine rings is 1. The maximum Gasteiger partial charge on any atom is 0.164 e. The van der Waals surface area contributed by atoms with Gasteiger partial charge in [-0.2, -0.15) is 0 Å². The molecule has 1 aliphatic heterocycles. The van der Waals surface area contributed by atoms with E-state index in [0.29, 0.717) is 6.42 Å². The Bertz CT molecular complexity index is 520. The Labute approximate surface area is 128 Å². The molecule has 2 heterocycles. The molecule has 1 aliphatic rings. The van der Waals surface area contributed by atoms with Crippen LogP contribution in [0.1, 0.15) is 69.9 Å². The molecule has 1 aromatic heterocycles. The standard InChI is InChI=1S/C18H27N2O/c1-6-7-8-16(21)14-9-15-17(19-10-14)18(4,5)12-20(15)11-13(2)3/h9-10H,6-8,11-12H2,1-5H3. The summed E-state index contributed by atoms with van der Waals surface area (Å²) in [5.41, 5.74) is 3.08. The van der Waals surface area contributed by atoms with E-state index in [9.17, 15) is 4.79 Å². The Hall–Kier alpha value is -1.38. The molecule has 0 N–H and O–H groups in total. The zero-order valence-corrected chi connectivity index (χ0v) is 14.0. The van der Waals surface area contributed by atoms with Gasteiger partial charge in [0.25, 0.3) is 0 Å². The third-order valence-electron chi connectivity index (χ3n) is 4.02. The highest BCUT2D eigenvalue weighted by Gasteiger charge is 2.37. The summed E-state index contributed by atoms with van der Waals surface area (Å²) in [6.45, 7) is 12.8. The Morgan fingerprint density at radius 1 is 1.38 bits per heavy atom. The van der Waals surface area contributed by atoms with Crippen molar-refractivity contribution in [1.29, 1.82) is 0 Å². The van der Waals surface area contributed by atoms with Crippen LogP contribution < -0.4 is 4.90 Å². The van der Waals surface area contributed by atoms with Crippen LogP contribution in [-0.2, 0) is 5.41 Å². The van der Waals surface area contributed by atoms with Crippen molar-refractivity contribution in [2.24, 2.45) is 0 Å². The zero-order valence-electron chi connectivity index (χ0n) is 14.0. The van der Waals surface area contributed by atoms with Crippen LogP contribution in [0.15, 0.2) is 12.3 Å². The van der Waals surface area contributed by atoms with Crippen molar-refractivity contribution >= 4 is 11.5 Å². The van der Waals surface area contributed by atoms with Gasteiger partial charge in [0.1, 0.15) is 0 Å². The summed E-state index contributed by atoms with van der Waals surface area (Å²) < 4.78 is 0. The lowest BCUT2D eigenvalue weighted by Gasteiger charge is -2.23. The molecular formula is C18H27N2O. The van der Waals surface area contributed by atoms with Gasteiger partial charge < -0.3 is 4.90 Å². The van der Waals surface area contributed by atoms with Crippen molar-refractivity contribution < 1.29 is 4.79 Å². The number of nitrogens with zero attached hydrogens (tertiary/aromatic N) is 2. The van der Waals surface area contributed by atoms with Crippen molar-refractivity contribution in [3.8, 4) is 0 Å². The Kier molecular flexibility index (Phi) is 4.70. The molecule has 0 atom stereocenters. The van der Waals surface area contributed by atoms with Crippen LogP contribution in [0.2, 0.25) is 0 Å². The summed E-state index contributed by atoms with van der Waals surface area (Å²) in [5, 5.41) is 0. The SMILES string of the molecule is CCCCC(=O)c1cnc2c(c1)N(C[C](C)C)CC2(C)C. The van der Waals surface area contributed by atoms with Gasteiger partial charge in [0, 0.05) is 36.7 Å². The monoisotopic (exact) mass is 287 g/mol. The molecule has 3 nitrogen and oxygen atoms in total. The van der Waals surface area contributed by atoms with E-state index in [1.54, 1.807) is 6.20 Å². The Morgan fingerprint density at radius 3 is 2.71 bits per heavy atom. The second-order valence-corrected chi connectivity index (χ2v) is 7.07. The van der Waals surface area contributed by atoms with E-state index in [1.165, 1.54) is 5.92 Å². The van der Waals surface area contributed by atoms with Crippen LogP contribution in [0.3, 0.4) is 0 Å². The van der Waals surface area contributed by atoms with E-state index < -0.39 is 0 Å². The molecule has 0 saturated carbocycles. The molecule has 0 fully saturated rings. The second-order valence-electron chi connectivity index (χ2n) is 7.07. The molecule has 0 aromatic carbocycles. The van der Waals surface area contributed by atoms with Gasteiger partial charge in [0.2, 0.25) is 0 Å². The number of aromatic nitrogens is 1. The summed E-state index contributed by atoms with van der Waals surface area (Å²) in [6.07, 6.45) is 4.39. The minimum atomic E-state index is 0.0514. The topological polar surface area (TPSA) is 33.2 Å². The fraction of sp³-hybridized carbons (Fsp3) is 0.611. The number of anilines is 1. The highest BCUT2D eigenvalue weighted by Crippen LogP contribution is 2.39. The molecule has 0 amide bonds. The number of carbonyl (C=O) groups excluding carboxylic acids is 1. The molecule has 21 heavy (non-hydrogen) atoms. The Morgan fingerprint density at radius 2 is 2.10 bits per heavy atom. The molecule has 1 aromatic rings. The lowest BCUT2D eigenvalue weighted by molar-refractivity contribution is 0.0979. The highest BCUT2D eigenvalue weighted by atomic mass is 16.1. The highest BCUT2D eigenvalue weighted by molar-refractivity contribution is 5.96. The first kappa shape index (κ1) is 16.0. The number of rotatable bonds is 6. The molecule has 0 spiro atoms. The van der Waals surface area contributed by atoms with E-state index in [1.807, 2.05) is 0 Å². The summed E-state index contributed by atoms with van der Waals surface area (Å²) in [4.78, 5) is 19.2.